The molecule has 3 aromatic carbocycles. The molecule has 0 saturated carbocycles. The van der Waals surface area contributed by atoms with E-state index in [-0.39, 0.29) is 5.91 Å². The molecule has 0 aromatic heterocycles. The van der Waals surface area contributed by atoms with Crippen molar-refractivity contribution < 1.29 is 9.53 Å². The van der Waals surface area contributed by atoms with Crippen molar-refractivity contribution >= 4 is 23.4 Å². The third-order valence-corrected chi connectivity index (χ3v) is 5.37. The third-order valence-electron chi connectivity index (χ3n) is 4.31. The number of thioether (sulfide) groups is 1. The van der Waals surface area contributed by atoms with E-state index < -0.39 is 0 Å². The molecule has 144 valence electrons. The predicted molar refractivity (Wildman–Crippen MR) is 117 cm³/mol. The molecule has 0 heterocycles. The molecular weight excluding hydrogens is 366 g/mol. The highest BCUT2D eigenvalue weighted by Crippen LogP contribution is 2.29. The van der Waals surface area contributed by atoms with Gasteiger partial charge in [0.1, 0.15) is 5.75 Å². The molecule has 0 spiro atoms. The highest BCUT2D eigenvalue weighted by molar-refractivity contribution is 7.98. The molecule has 0 fully saturated rings. The summed E-state index contributed by atoms with van der Waals surface area (Å²) in [6.45, 7) is 6.65. The second-order valence-corrected chi connectivity index (χ2v) is 7.73. The highest BCUT2D eigenvalue weighted by Gasteiger charge is 2.12. The molecule has 3 rings (SSSR count). The second kappa shape index (κ2) is 9.47. The van der Waals surface area contributed by atoms with Gasteiger partial charge in [-0.1, -0.05) is 29.8 Å². The zero-order valence-electron chi connectivity index (χ0n) is 16.5. The third kappa shape index (κ3) is 5.40. The van der Waals surface area contributed by atoms with Crippen LogP contribution in [0.2, 0.25) is 0 Å². The lowest BCUT2D eigenvalue weighted by molar-refractivity contribution is 0.102. The van der Waals surface area contributed by atoms with E-state index in [1.54, 1.807) is 11.8 Å². The molecule has 1 N–H and O–H groups in total. The first-order valence-electron chi connectivity index (χ1n) is 9.38. The van der Waals surface area contributed by atoms with Gasteiger partial charge in [0.05, 0.1) is 6.61 Å². The largest absolute Gasteiger partial charge is 0.494 e. The topological polar surface area (TPSA) is 38.3 Å². The van der Waals surface area contributed by atoms with Gasteiger partial charge in [0.2, 0.25) is 0 Å². The minimum atomic E-state index is -0.116. The number of carbonyl (C=O) groups excluding carboxylic acids is 1. The van der Waals surface area contributed by atoms with Gasteiger partial charge in [-0.25, -0.2) is 0 Å². The summed E-state index contributed by atoms with van der Waals surface area (Å²) in [5.41, 5.74) is 4.80. The first kappa shape index (κ1) is 20.0. The van der Waals surface area contributed by atoms with E-state index in [0.717, 1.165) is 28.3 Å². The Morgan fingerprint density at radius 2 is 1.75 bits per heavy atom. The van der Waals surface area contributed by atoms with Crippen LogP contribution < -0.4 is 10.1 Å². The fourth-order valence-corrected chi connectivity index (χ4v) is 3.73. The van der Waals surface area contributed by atoms with Crippen LogP contribution in [-0.2, 0) is 5.75 Å². The van der Waals surface area contributed by atoms with Gasteiger partial charge in [-0.15, -0.1) is 11.8 Å². The average molecular weight is 392 g/mol. The van der Waals surface area contributed by atoms with Crippen molar-refractivity contribution in [2.24, 2.45) is 0 Å². The molecule has 0 aliphatic carbocycles. The Morgan fingerprint density at radius 1 is 0.964 bits per heavy atom. The maximum absolute atomic E-state index is 12.7. The first-order valence-corrected chi connectivity index (χ1v) is 10.4. The molecular formula is C24H25NO2S. The van der Waals surface area contributed by atoms with E-state index >= 15 is 0 Å². The van der Waals surface area contributed by atoms with Crippen LogP contribution >= 0.6 is 11.8 Å². The number of ether oxygens (including phenoxy) is 1. The number of anilines is 1. The second-order valence-electron chi connectivity index (χ2n) is 6.68. The van der Waals surface area contributed by atoms with E-state index in [9.17, 15) is 4.79 Å². The fraction of sp³-hybridized carbons (Fsp3) is 0.208. The van der Waals surface area contributed by atoms with Crippen molar-refractivity contribution in [2.75, 3.05) is 11.9 Å². The van der Waals surface area contributed by atoms with E-state index in [4.69, 9.17) is 4.74 Å². The summed E-state index contributed by atoms with van der Waals surface area (Å²) in [6, 6.07) is 21.9. The Bertz CT molecular complexity index is 951. The van der Waals surface area contributed by atoms with Gasteiger partial charge in [-0.2, -0.15) is 0 Å². The fourth-order valence-electron chi connectivity index (χ4n) is 2.85. The number of hydrogen-bond donors (Lipinski definition) is 1. The summed E-state index contributed by atoms with van der Waals surface area (Å²) in [6.07, 6.45) is 0. The molecule has 1 amide bonds. The normalized spacial score (nSPS) is 10.5. The van der Waals surface area contributed by atoms with Crippen molar-refractivity contribution in [3.8, 4) is 5.75 Å². The molecule has 0 atom stereocenters. The molecule has 0 bridgehead atoms. The van der Waals surface area contributed by atoms with Crippen LogP contribution in [-0.4, -0.2) is 12.5 Å². The lowest BCUT2D eigenvalue weighted by atomic mass is 10.1. The van der Waals surface area contributed by atoms with E-state index in [0.29, 0.717) is 12.2 Å². The van der Waals surface area contributed by atoms with Crippen LogP contribution in [0.5, 0.6) is 5.75 Å². The molecule has 28 heavy (non-hydrogen) atoms. The number of carbonyl (C=O) groups is 1. The molecule has 4 heteroatoms. The molecule has 3 aromatic rings. The van der Waals surface area contributed by atoms with Crippen LogP contribution in [0, 0.1) is 13.8 Å². The van der Waals surface area contributed by atoms with E-state index in [1.165, 1.54) is 10.5 Å². The molecule has 0 saturated heterocycles. The van der Waals surface area contributed by atoms with Crippen molar-refractivity contribution in [2.45, 2.75) is 31.4 Å². The Balaban J connectivity index is 1.77. The first-order chi connectivity index (χ1) is 13.5. The highest BCUT2D eigenvalue weighted by atomic mass is 32.2. The van der Waals surface area contributed by atoms with Crippen molar-refractivity contribution in [1.29, 1.82) is 0 Å². The van der Waals surface area contributed by atoms with Crippen LogP contribution in [0.1, 0.15) is 34.0 Å². The number of hydrogen-bond acceptors (Lipinski definition) is 3. The van der Waals surface area contributed by atoms with Gasteiger partial charge in [-0.05, 0) is 68.8 Å². The van der Waals surface area contributed by atoms with Crippen molar-refractivity contribution in [3.63, 3.8) is 0 Å². The van der Waals surface area contributed by atoms with E-state index in [2.05, 4.69) is 36.5 Å². The summed E-state index contributed by atoms with van der Waals surface area (Å²) in [4.78, 5) is 13.9. The summed E-state index contributed by atoms with van der Waals surface area (Å²) in [7, 11) is 0. The lowest BCUT2D eigenvalue weighted by Crippen LogP contribution is -2.12. The summed E-state index contributed by atoms with van der Waals surface area (Å²) >= 11 is 1.74. The van der Waals surface area contributed by atoms with Crippen LogP contribution in [0.15, 0.2) is 71.6 Å². The lowest BCUT2D eigenvalue weighted by Gasteiger charge is -2.13. The van der Waals surface area contributed by atoms with Gasteiger partial charge in [0.15, 0.2) is 0 Å². The number of aryl methyl sites for hydroxylation is 2. The monoisotopic (exact) mass is 391 g/mol. The van der Waals surface area contributed by atoms with Gasteiger partial charge in [0, 0.05) is 27.5 Å². The summed E-state index contributed by atoms with van der Waals surface area (Å²) < 4.78 is 5.77. The standard InChI is InChI=1S/C24H25NO2S/c1-4-27-23-13-10-19(24(26)25-21-7-5-6-18(3)14-21)15-20(23)16-28-22-11-8-17(2)9-12-22/h5-15H,4,16H2,1-3H3,(H,25,26). The summed E-state index contributed by atoms with van der Waals surface area (Å²) in [5, 5.41) is 2.97. The molecule has 0 radical (unpaired) electrons. The maximum Gasteiger partial charge on any atom is 0.255 e. The number of amides is 1. The Morgan fingerprint density at radius 3 is 2.46 bits per heavy atom. The number of rotatable bonds is 7. The van der Waals surface area contributed by atoms with Gasteiger partial charge < -0.3 is 10.1 Å². The summed E-state index contributed by atoms with van der Waals surface area (Å²) in [5.74, 6) is 1.45. The maximum atomic E-state index is 12.7. The van der Waals surface area contributed by atoms with Crippen molar-refractivity contribution in [1.82, 2.24) is 0 Å². The molecule has 0 aliphatic heterocycles. The smallest absolute Gasteiger partial charge is 0.255 e. The van der Waals surface area contributed by atoms with Gasteiger partial charge in [-0.3, -0.25) is 4.79 Å². The SMILES string of the molecule is CCOc1ccc(C(=O)Nc2cccc(C)c2)cc1CSc1ccc(C)cc1. The van der Waals surface area contributed by atoms with Crippen LogP contribution in [0.4, 0.5) is 5.69 Å². The predicted octanol–water partition coefficient (Wildman–Crippen LogP) is 6.25. The number of benzene rings is 3. The number of nitrogens with one attached hydrogen (secondary N) is 1. The Labute approximate surface area is 171 Å². The molecule has 3 nitrogen and oxygen atoms in total. The zero-order valence-corrected chi connectivity index (χ0v) is 17.3. The minimum Gasteiger partial charge on any atom is -0.494 e. The van der Waals surface area contributed by atoms with Crippen molar-refractivity contribution in [3.05, 3.63) is 89.0 Å². The average Bonchev–Trinajstić information content (AvgIpc) is 2.68. The Hall–Kier alpha value is -2.72. The van der Waals surface area contributed by atoms with Crippen LogP contribution in [0.3, 0.4) is 0 Å². The zero-order chi connectivity index (χ0) is 19.9. The van der Waals surface area contributed by atoms with Gasteiger partial charge >= 0.3 is 0 Å². The molecule has 0 unspecified atom stereocenters. The van der Waals surface area contributed by atoms with E-state index in [1.807, 2.05) is 56.3 Å². The Kier molecular flexibility index (Phi) is 6.77. The molecule has 0 aliphatic rings. The minimum absolute atomic E-state index is 0.116. The van der Waals surface area contributed by atoms with Gasteiger partial charge in [0.25, 0.3) is 5.91 Å². The van der Waals surface area contributed by atoms with Crippen LogP contribution in [0.25, 0.3) is 0 Å². The quantitative estimate of drug-likeness (QED) is 0.484.